The van der Waals surface area contributed by atoms with Crippen molar-refractivity contribution in [3.8, 4) is 0 Å². The maximum absolute atomic E-state index is 13.7. The second kappa shape index (κ2) is 5.61. The number of aryl methyl sites for hydroxylation is 3. The van der Waals surface area contributed by atoms with E-state index in [2.05, 4.69) is 10.4 Å². The van der Waals surface area contributed by atoms with Gasteiger partial charge in [0, 0.05) is 6.54 Å². The molecular weight excluding hydrogens is 265 g/mol. The fourth-order valence-corrected chi connectivity index (χ4v) is 2.18. The summed E-state index contributed by atoms with van der Waals surface area (Å²) in [7, 11) is 0. The molecule has 2 aromatic rings. The highest BCUT2D eigenvalue weighted by atomic mass is 35.5. The molecule has 0 unspecified atom stereocenters. The molecule has 1 N–H and O–H groups in total. The number of anilines is 1. The number of nitrogens with one attached hydrogen (secondary N) is 1. The van der Waals surface area contributed by atoms with E-state index in [1.54, 1.807) is 6.07 Å². The minimum absolute atomic E-state index is 0.254. The summed E-state index contributed by atoms with van der Waals surface area (Å²) >= 11 is 6.21. The lowest BCUT2D eigenvalue weighted by Crippen LogP contribution is -2.09. The predicted octanol–water partition coefficient (Wildman–Crippen LogP) is 3.92. The average Bonchev–Trinajstić information content (AvgIpc) is 2.65. The first-order chi connectivity index (χ1) is 9.02. The third-order valence-electron chi connectivity index (χ3n) is 3.02. The van der Waals surface area contributed by atoms with Crippen molar-refractivity contribution < 1.29 is 4.39 Å². The van der Waals surface area contributed by atoms with Gasteiger partial charge in [-0.05, 0) is 38.5 Å². The molecule has 1 heterocycles. The molecule has 0 atom stereocenters. The summed E-state index contributed by atoms with van der Waals surface area (Å²) < 4.78 is 15.6. The quantitative estimate of drug-likeness (QED) is 0.920. The molecule has 2 rings (SSSR count). The number of nitrogens with zero attached hydrogens (tertiary/aromatic N) is 2. The van der Waals surface area contributed by atoms with Gasteiger partial charge in [-0.2, -0.15) is 5.10 Å². The molecule has 5 heteroatoms. The van der Waals surface area contributed by atoms with E-state index in [0.29, 0.717) is 17.3 Å². The zero-order valence-corrected chi connectivity index (χ0v) is 12.1. The van der Waals surface area contributed by atoms with Gasteiger partial charge in [-0.15, -0.1) is 0 Å². The third-order valence-corrected chi connectivity index (χ3v) is 3.52. The highest BCUT2D eigenvalue weighted by Crippen LogP contribution is 2.22. The highest BCUT2D eigenvalue weighted by Gasteiger charge is 2.12. The Kier molecular flexibility index (Phi) is 4.10. The molecule has 0 saturated carbocycles. The highest BCUT2D eigenvalue weighted by molar-refractivity contribution is 6.31. The third kappa shape index (κ3) is 2.89. The number of hydrogen-bond acceptors (Lipinski definition) is 2. The van der Waals surface area contributed by atoms with Crippen LogP contribution in [0.4, 0.5) is 10.1 Å². The fraction of sp³-hybridized carbons (Fsp3) is 0.357. The smallest absolute Gasteiger partial charge is 0.146 e. The van der Waals surface area contributed by atoms with Gasteiger partial charge in [0.2, 0.25) is 0 Å². The summed E-state index contributed by atoms with van der Waals surface area (Å²) in [4.78, 5) is 0. The molecule has 3 nitrogen and oxygen atoms in total. The minimum atomic E-state index is -0.254. The Morgan fingerprint density at radius 3 is 2.74 bits per heavy atom. The van der Waals surface area contributed by atoms with Crippen LogP contribution < -0.4 is 5.32 Å². The second-order valence-electron chi connectivity index (χ2n) is 4.50. The van der Waals surface area contributed by atoms with Crippen molar-refractivity contribution in [1.29, 1.82) is 0 Å². The van der Waals surface area contributed by atoms with E-state index in [-0.39, 0.29) is 5.82 Å². The summed E-state index contributed by atoms with van der Waals surface area (Å²) in [6.45, 7) is 6.91. The van der Waals surface area contributed by atoms with Crippen LogP contribution in [0, 0.1) is 19.7 Å². The van der Waals surface area contributed by atoms with Gasteiger partial charge in [-0.25, -0.2) is 4.39 Å². The van der Waals surface area contributed by atoms with Gasteiger partial charge in [0.05, 0.1) is 28.6 Å². The minimum Gasteiger partial charge on any atom is -0.377 e. The first-order valence-corrected chi connectivity index (χ1v) is 6.62. The SMILES string of the molecule is CCn1nc(C)c(Cl)c1CNc1ccc(C)cc1F. The Balaban J connectivity index is 2.18. The average molecular weight is 282 g/mol. The largest absolute Gasteiger partial charge is 0.377 e. The lowest BCUT2D eigenvalue weighted by molar-refractivity contribution is 0.616. The van der Waals surface area contributed by atoms with Crippen LogP contribution in [-0.2, 0) is 13.1 Å². The van der Waals surface area contributed by atoms with Gasteiger partial charge in [-0.3, -0.25) is 4.68 Å². The maximum Gasteiger partial charge on any atom is 0.146 e. The van der Waals surface area contributed by atoms with Gasteiger partial charge >= 0.3 is 0 Å². The number of benzene rings is 1. The van der Waals surface area contributed by atoms with Crippen LogP contribution in [0.15, 0.2) is 18.2 Å². The van der Waals surface area contributed by atoms with Gasteiger partial charge in [0.25, 0.3) is 0 Å². The molecule has 0 fully saturated rings. The standard InChI is InChI=1S/C14H17ClFN3/c1-4-19-13(14(15)10(3)18-19)8-17-12-6-5-9(2)7-11(12)16/h5-7,17H,4,8H2,1-3H3. The van der Waals surface area contributed by atoms with Crippen LogP contribution in [0.25, 0.3) is 0 Å². The molecule has 0 radical (unpaired) electrons. The van der Waals surface area contributed by atoms with Crippen LogP contribution in [0.5, 0.6) is 0 Å². The van der Waals surface area contributed by atoms with Crippen LogP contribution in [0.3, 0.4) is 0 Å². The van der Waals surface area contributed by atoms with E-state index in [9.17, 15) is 4.39 Å². The molecule has 1 aromatic carbocycles. The molecule has 0 bridgehead atoms. The zero-order valence-electron chi connectivity index (χ0n) is 11.3. The van der Waals surface area contributed by atoms with Crippen molar-refractivity contribution in [3.63, 3.8) is 0 Å². The Morgan fingerprint density at radius 1 is 1.37 bits per heavy atom. The molecule has 0 aliphatic heterocycles. The number of rotatable bonds is 4. The molecule has 0 aliphatic rings. The second-order valence-corrected chi connectivity index (χ2v) is 4.88. The molecule has 0 amide bonds. The van der Waals surface area contributed by atoms with Gasteiger partial charge in [0.15, 0.2) is 0 Å². The van der Waals surface area contributed by atoms with E-state index < -0.39 is 0 Å². The van der Waals surface area contributed by atoms with Crippen LogP contribution in [0.1, 0.15) is 23.9 Å². The van der Waals surface area contributed by atoms with Crippen molar-refractivity contribution in [2.24, 2.45) is 0 Å². The van der Waals surface area contributed by atoms with Gasteiger partial charge in [-0.1, -0.05) is 17.7 Å². The molecular formula is C14H17ClFN3. The van der Waals surface area contributed by atoms with Crippen molar-refractivity contribution in [1.82, 2.24) is 9.78 Å². The van der Waals surface area contributed by atoms with Gasteiger partial charge in [0.1, 0.15) is 5.82 Å². The first-order valence-electron chi connectivity index (χ1n) is 6.24. The maximum atomic E-state index is 13.7. The Labute approximate surface area is 117 Å². The molecule has 1 aromatic heterocycles. The van der Waals surface area contributed by atoms with E-state index in [1.807, 2.05) is 31.5 Å². The number of aromatic nitrogens is 2. The normalized spacial score (nSPS) is 10.8. The summed E-state index contributed by atoms with van der Waals surface area (Å²) in [5, 5.41) is 8.03. The van der Waals surface area contributed by atoms with Crippen LogP contribution in [-0.4, -0.2) is 9.78 Å². The summed E-state index contributed by atoms with van der Waals surface area (Å²) in [5.74, 6) is -0.254. The summed E-state index contributed by atoms with van der Waals surface area (Å²) in [6, 6.07) is 5.11. The Bertz CT molecular complexity index is 593. The zero-order chi connectivity index (χ0) is 14.0. The van der Waals surface area contributed by atoms with E-state index in [4.69, 9.17) is 11.6 Å². The fourth-order valence-electron chi connectivity index (χ4n) is 1.98. The summed E-state index contributed by atoms with van der Waals surface area (Å²) in [5.41, 5.74) is 3.05. The molecule has 102 valence electrons. The van der Waals surface area contributed by atoms with Crippen molar-refractivity contribution in [2.45, 2.75) is 33.9 Å². The van der Waals surface area contributed by atoms with Crippen LogP contribution in [0.2, 0.25) is 5.02 Å². The van der Waals surface area contributed by atoms with E-state index in [0.717, 1.165) is 23.5 Å². The summed E-state index contributed by atoms with van der Waals surface area (Å²) in [6.07, 6.45) is 0. The van der Waals surface area contributed by atoms with Gasteiger partial charge < -0.3 is 5.32 Å². The molecule has 19 heavy (non-hydrogen) atoms. The molecule has 0 saturated heterocycles. The Hall–Kier alpha value is -1.55. The topological polar surface area (TPSA) is 29.9 Å². The van der Waals surface area contributed by atoms with E-state index >= 15 is 0 Å². The number of hydrogen-bond donors (Lipinski definition) is 1. The predicted molar refractivity (Wildman–Crippen MR) is 76.1 cm³/mol. The van der Waals surface area contributed by atoms with E-state index in [1.165, 1.54) is 6.07 Å². The number of halogens is 2. The molecule has 0 spiro atoms. The lowest BCUT2D eigenvalue weighted by Gasteiger charge is -2.10. The Morgan fingerprint density at radius 2 is 2.11 bits per heavy atom. The lowest BCUT2D eigenvalue weighted by atomic mass is 10.2. The molecule has 0 aliphatic carbocycles. The van der Waals surface area contributed by atoms with Crippen LogP contribution >= 0.6 is 11.6 Å². The monoisotopic (exact) mass is 281 g/mol. The van der Waals surface area contributed by atoms with Crippen molar-refractivity contribution in [2.75, 3.05) is 5.32 Å². The first kappa shape index (κ1) is 13.9. The van der Waals surface area contributed by atoms with Crippen molar-refractivity contribution >= 4 is 17.3 Å². The van der Waals surface area contributed by atoms with Crippen molar-refractivity contribution in [3.05, 3.63) is 46.0 Å².